The van der Waals surface area contributed by atoms with E-state index in [1.54, 1.807) is 0 Å². The van der Waals surface area contributed by atoms with E-state index in [2.05, 4.69) is 101 Å². The lowest BCUT2D eigenvalue weighted by molar-refractivity contribution is 0.589. The molecule has 0 N–H and O–H groups in total. The maximum atomic E-state index is 2.42. The summed E-state index contributed by atoms with van der Waals surface area (Å²) < 4.78 is 0. The Bertz CT molecular complexity index is 1010. The van der Waals surface area contributed by atoms with Crippen molar-refractivity contribution < 1.29 is 0 Å². The summed E-state index contributed by atoms with van der Waals surface area (Å²) in [5.41, 5.74) is 5.72. The minimum absolute atomic E-state index is 0.107. The Morgan fingerprint density at radius 2 is 0.964 bits per heavy atom. The summed E-state index contributed by atoms with van der Waals surface area (Å²) in [7, 11) is 0. The van der Waals surface area contributed by atoms with Crippen molar-refractivity contribution in [1.82, 2.24) is 0 Å². The zero-order valence-corrected chi connectivity index (χ0v) is 19.2. The molecule has 0 bridgehead atoms. The highest BCUT2D eigenvalue weighted by Gasteiger charge is 2.22. The Hall–Kier alpha value is -1.90. The summed E-state index contributed by atoms with van der Waals surface area (Å²) in [5.74, 6) is 0. The molecule has 0 saturated carbocycles. The molecule has 28 heavy (non-hydrogen) atoms. The highest BCUT2D eigenvalue weighted by atomic mass is 32.1. The van der Waals surface area contributed by atoms with Gasteiger partial charge in [0.2, 0.25) is 0 Å². The van der Waals surface area contributed by atoms with Crippen LogP contribution in [0.2, 0.25) is 0 Å². The Labute approximate surface area is 176 Å². The van der Waals surface area contributed by atoms with Crippen LogP contribution < -0.4 is 0 Å². The van der Waals surface area contributed by atoms with Gasteiger partial charge in [-0.2, -0.15) is 0 Å². The molecule has 0 spiro atoms. The van der Waals surface area contributed by atoms with Crippen molar-refractivity contribution in [2.45, 2.75) is 52.4 Å². The van der Waals surface area contributed by atoms with Crippen LogP contribution in [0.25, 0.3) is 31.7 Å². The number of rotatable bonds is 2. The second-order valence-electron chi connectivity index (χ2n) is 9.60. The van der Waals surface area contributed by atoms with Gasteiger partial charge in [0.1, 0.15) is 0 Å². The fourth-order valence-electron chi connectivity index (χ4n) is 3.60. The summed E-state index contributed by atoms with van der Waals surface area (Å²) in [6.45, 7) is 13.8. The fourth-order valence-corrected chi connectivity index (χ4v) is 5.11. The van der Waals surface area contributed by atoms with E-state index in [9.17, 15) is 0 Å². The maximum absolute atomic E-state index is 2.42. The molecule has 2 aromatic carbocycles. The molecule has 2 heteroatoms. The second kappa shape index (κ2) is 6.86. The molecule has 0 saturated heterocycles. The molecule has 0 atom stereocenters. The largest absolute Gasteiger partial charge is 0.144 e. The van der Waals surface area contributed by atoms with Gasteiger partial charge in [0.25, 0.3) is 0 Å². The number of benzene rings is 2. The molecule has 0 radical (unpaired) electrons. The van der Waals surface area contributed by atoms with Crippen molar-refractivity contribution in [1.29, 1.82) is 0 Å². The number of thiophene rings is 2. The van der Waals surface area contributed by atoms with Crippen LogP contribution in [0.15, 0.2) is 59.3 Å². The van der Waals surface area contributed by atoms with Gasteiger partial charge in [0.15, 0.2) is 0 Å². The molecule has 144 valence electrons. The molecule has 4 rings (SSSR count). The molecule has 0 aliphatic rings. The lowest BCUT2D eigenvalue weighted by atomic mass is 9.80. The normalized spacial score (nSPS) is 12.6. The number of hydrogen-bond donors (Lipinski definition) is 0. The molecule has 0 fully saturated rings. The SMILES string of the molecule is CC(C)(C)c1cc(-c2cccs2)c2cc(C(C)(C)C)cc(-c3cccs3)c2c1. The highest BCUT2D eigenvalue weighted by molar-refractivity contribution is 7.14. The van der Waals surface area contributed by atoms with Crippen molar-refractivity contribution in [3.8, 4) is 20.9 Å². The number of fused-ring (bicyclic) bond motifs is 1. The quantitative estimate of drug-likeness (QED) is 0.313. The van der Waals surface area contributed by atoms with Crippen LogP contribution in [0.1, 0.15) is 52.7 Å². The van der Waals surface area contributed by atoms with Gasteiger partial charge in [-0.05, 0) is 91.0 Å². The van der Waals surface area contributed by atoms with Gasteiger partial charge in [-0.3, -0.25) is 0 Å². The van der Waals surface area contributed by atoms with Gasteiger partial charge in [0, 0.05) is 9.75 Å². The van der Waals surface area contributed by atoms with Crippen molar-refractivity contribution in [3.63, 3.8) is 0 Å². The van der Waals surface area contributed by atoms with Gasteiger partial charge < -0.3 is 0 Å². The second-order valence-corrected chi connectivity index (χ2v) is 11.5. The van der Waals surface area contributed by atoms with E-state index in [-0.39, 0.29) is 10.8 Å². The first-order valence-corrected chi connectivity index (χ1v) is 11.6. The van der Waals surface area contributed by atoms with Crippen molar-refractivity contribution >= 4 is 33.4 Å². The third-order valence-electron chi connectivity index (χ3n) is 5.38. The monoisotopic (exact) mass is 404 g/mol. The van der Waals surface area contributed by atoms with E-state index < -0.39 is 0 Å². The summed E-state index contributed by atoms with van der Waals surface area (Å²) in [6, 6.07) is 18.5. The first-order valence-electron chi connectivity index (χ1n) is 9.85. The zero-order valence-electron chi connectivity index (χ0n) is 17.6. The summed E-state index contributed by atoms with van der Waals surface area (Å²) in [4.78, 5) is 2.69. The number of hydrogen-bond acceptors (Lipinski definition) is 2. The standard InChI is InChI=1S/C26H28S2/c1-25(2,3)17-13-19-20(21(15-17)23-9-7-11-27-23)14-18(26(4,5)6)16-22(19)24-10-8-12-28-24/h7-16H,1-6H3. The lowest BCUT2D eigenvalue weighted by Crippen LogP contribution is -2.13. The fraction of sp³-hybridized carbons (Fsp3) is 0.308. The molecule has 0 unspecified atom stereocenters. The maximum Gasteiger partial charge on any atom is 0.0349 e. The molecule has 2 heterocycles. The Balaban J connectivity index is 2.16. The molecule has 0 aliphatic carbocycles. The van der Waals surface area contributed by atoms with E-state index in [0.29, 0.717) is 0 Å². The van der Waals surface area contributed by atoms with E-state index in [4.69, 9.17) is 0 Å². The predicted molar refractivity (Wildman–Crippen MR) is 128 cm³/mol. The predicted octanol–water partition coefficient (Wildman–Crippen LogP) is 8.89. The Kier molecular flexibility index (Phi) is 4.76. The van der Waals surface area contributed by atoms with Crippen LogP contribution in [-0.2, 0) is 10.8 Å². The lowest BCUT2D eigenvalue weighted by Gasteiger charge is -2.25. The van der Waals surface area contributed by atoms with Crippen LogP contribution in [0.3, 0.4) is 0 Å². The summed E-state index contributed by atoms with van der Waals surface area (Å²) >= 11 is 3.66. The smallest absolute Gasteiger partial charge is 0.0349 e. The van der Waals surface area contributed by atoms with Gasteiger partial charge in [0.05, 0.1) is 0 Å². The van der Waals surface area contributed by atoms with Crippen LogP contribution in [0.5, 0.6) is 0 Å². The first-order chi connectivity index (χ1) is 13.1. The van der Waals surface area contributed by atoms with E-state index in [1.165, 1.54) is 42.8 Å². The average molecular weight is 405 g/mol. The Morgan fingerprint density at radius 3 is 1.25 bits per heavy atom. The molecule has 4 aromatic rings. The topological polar surface area (TPSA) is 0 Å². The third kappa shape index (κ3) is 3.56. The van der Waals surface area contributed by atoms with Crippen LogP contribution >= 0.6 is 22.7 Å². The van der Waals surface area contributed by atoms with Gasteiger partial charge in [-0.15, -0.1) is 22.7 Å². The van der Waals surface area contributed by atoms with Crippen molar-refractivity contribution in [2.75, 3.05) is 0 Å². The average Bonchev–Trinajstić information content (AvgIpc) is 3.31. The molecule has 0 nitrogen and oxygen atoms in total. The summed E-state index contributed by atoms with van der Waals surface area (Å²) in [5, 5.41) is 7.09. The molecule has 0 aliphatic heterocycles. The van der Waals surface area contributed by atoms with Gasteiger partial charge >= 0.3 is 0 Å². The third-order valence-corrected chi connectivity index (χ3v) is 7.18. The van der Waals surface area contributed by atoms with Gasteiger partial charge in [-0.1, -0.05) is 53.7 Å². The van der Waals surface area contributed by atoms with E-state index in [1.807, 2.05) is 22.7 Å². The van der Waals surface area contributed by atoms with E-state index in [0.717, 1.165) is 0 Å². The molecular formula is C26H28S2. The molecule has 0 amide bonds. The molecular weight excluding hydrogens is 376 g/mol. The zero-order chi connectivity index (χ0) is 20.1. The van der Waals surface area contributed by atoms with Crippen molar-refractivity contribution in [2.24, 2.45) is 0 Å². The van der Waals surface area contributed by atoms with Gasteiger partial charge in [-0.25, -0.2) is 0 Å². The van der Waals surface area contributed by atoms with Crippen molar-refractivity contribution in [3.05, 3.63) is 70.4 Å². The minimum atomic E-state index is 0.107. The minimum Gasteiger partial charge on any atom is -0.144 e. The first kappa shape index (κ1) is 19.4. The summed E-state index contributed by atoms with van der Waals surface area (Å²) in [6.07, 6.45) is 0. The highest BCUT2D eigenvalue weighted by Crippen LogP contribution is 2.43. The van der Waals surface area contributed by atoms with Crippen LogP contribution in [-0.4, -0.2) is 0 Å². The molecule has 2 aromatic heterocycles. The Morgan fingerprint density at radius 1 is 0.571 bits per heavy atom. The van der Waals surface area contributed by atoms with E-state index >= 15 is 0 Å². The van der Waals surface area contributed by atoms with Crippen LogP contribution in [0, 0.1) is 0 Å². The van der Waals surface area contributed by atoms with Crippen LogP contribution in [0.4, 0.5) is 0 Å².